The molecule has 6 aliphatic rings. The van der Waals surface area contributed by atoms with Gasteiger partial charge in [-0.25, -0.2) is 0 Å². The van der Waals surface area contributed by atoms with Gasteiger partial charge < -0.3 is 14.6 Å². The quantitative estimate of drug-likeness (QED) is 0.302. The molecule has 4 heteroatoms. The number of ether oxygens (including phenoxy) is 2. The molecule has 2 saturated heterocycles. The van der Waals surface area contributed by atoms with Gasteiger partial charge in [0.15, 0.2) is 11.2 Å². The molecule has 2 bridgehead atoms. The third-order valence-electron chi connectivity index (χ3n) is 12.9. The lowest BCUT2D eigenvalue weighted by Crippen LogP contribution is -2.73. The molecular weight excluding hydrogens is 424 g/mol. The lowest BCUT2D eigenvalue weighted by Gasteiger charge is -2.65. The van der Waals surface area contributed by atoms with Gasteiger partial charge in [0.2, 0.25) is 0 Å². The zero-order valence-corrected chi connectivity index (χ0v) is 22.5. The predicted molar refractivity (Wildman–Crippen MR) is 132 cm³/mol. The number of esters is 1. The Morgan fingerprint density at radius 1 is 1.09 bits per heavy atom. The minimum atomic E-state index is -0.526. The Balaban J connectivity index is 1.41. The largest absolute Gasteiger partial charge is 0.455 e. The van der Waals surface area contributed by atoms with Crippen molar-refractivity contribution in [3.8, 4) is 0 Å². The van der Waals surface area contributed by atoms with E-state index in [1.165, 1.54) is 12.0 Å². The van der Waals surface area contributed by atoms with Gasteiger partial charge in [-0.1, -0.05) is 46.3 Å². The molecule has 0 aromatic carbocycles. The Kier molecular flexibility index (Phi) is 4.64. The van der Waals surface area contributed by atoms with Crippen molar-refractivity contribution in [2.75, 3.05) is 0 Å². The summed E-state index contributed by atoms with van der Waals surface area (Å²) in [4.78, 5) is 14.2. The van der Waals surface area contributed by atoms with Gasteiger partial charge in [0.05, 0.1) is 12.2 Å². The molecule has 2 aliphatic heterocycles. The van der Waals surface area contributed by atoms with E-state index in [1.807, 2.05) is 0 Å². The Bertz CT molecular complexity index is 949. The summed E-state index contributed by atoms with van der Waals surface area (Å²) in [7, 11) is 0. The molecule has 0 unspecified atom stereocenters. The van der Waals surface area contributed by atoms with Crippen LogP contribution in [-0.4, -0.2) is 34.5 Å². The van der Waals surface area contributed by atoms with E-state index >= 15 is 0 Å². The Hall–Kier alpha value is -0.870. The van der Waals surface area contributed by atoms with Gasteiger partial charge in [-0.15, -0.1) is 0 Å². The van der Waals surface area contributed by atoms with Crippen LogP contribution in [0.15, 0.2) is 11.6 Å². The first-order chi connectivity index (χ1) is 15.8. The minimum Gasteiger partial charge on any atom is -0.455 e. The van der Waals surface area contributed by atoms with Crippen LogP contribution < -0.4 is 0 Å². The lowest BCUT2D eigenvalue weighted by molar-refractivity contribution is -0.232. The van der Waals surface area contributed by atoms with Gasteiger partial charge in [0.1, 0.15) is 5.41 Å². The van der Waals surface area contributed by atoms with E-state index in [-0.39, 0.29) is 34.4 Å². The van der Waals surface area contributed by atoms with E-state index in [1.54, 1.807) is 0 Å². The standard InChI is InChI=1S/C30H46O4/c1-18(2)9-8-10-19(3)20-11-14-28-24(32)34-29(16-15-26(20,28)6)27(7)13-12-22(31)25(4,5)21(27)17-23-30(28,29)33-23/h9,19-23,31H,8,10-17H2,1-7H3/t19-,20-,21+,22+,23+,26-,27+,28+,29+,30-/m1/s1. The first-order valence-corrected chi connectivity index (χ1v) is 14.1. The normalized spacial score (nSPS) is 54.8. The highest BCUT2D eigenvalue weighted by molar-refractivity contribution is 5.87. The third kappa shape index (κ3) is 2.25. The van der Waals surface area contributed by atoms with Crippen molar-refractivity contribution in [1.82, 2.24) is 0 Å². The van der Waals surface area contributed by atoms with E-state index < -0.39 is 16.6 Å². The SMILES string of the molecule is CC(C)=CCC[C@@H](C)[C@H]1CC[C@]23C(=O)O[C@]4(CC[C@]12C)[C@]31O[C@H]1C[C@H]1C(C)(C)[C@@H](O)CC[C@@]14C. The summed E-state index contributed by atoms with van der Waals surface area (Å²) in [5, 5.41) is 10.9. The number of aliphatic hydroxyl groups is 1. The lowest BCUT2D eigenvalue weighted by atomic mass is 9.37. The van der Waals surface area contributed by atoms with Gasteiger partial charge in [0.25, 0.3) is 0 Å². The van der Waals surface area contributed by atoms with E-state index in [4.69, 9.17) is 9.47 Å². The second-order valence-electron chi connectivity index (χ2n) is 14.4. The highest BCUT2D eigenvalue weighted by Gasteiger charge is 2.97. The fraction of sp³-hybridized carbons (Fsp3) is 0.900. The molecule has 10 atom stereocenters. The average Bonchev–Trinajstić information content (AvgIpc) is 3.35. The topological polar surface area (TPSA) is 59.1 Å². The number of aliphatic hydroxyl groups excluding tert-OH is 1. The van der Waals surface area contributed by atoms with E-state index in [0.29, 0.717) is 17.8 Å². The first-order valence-electron chi connectivity index (χ1n) is 14.1. The fourth-order valence-electron chi connectivity index (χ4n) is 11.1. The molecule has 34 heavy (non-hydrogen) atoms. The van der Waals surface area contributed by atoms with Crippen molar-refractivity contribution < 1.29 is 19.4 Å². The summed E-state index contributed by atoms with van der Waals surface area (Å²) in [5.74, 6) is 1.48. The highest BCUT2D eigenvalue weighted by atomic mass is 16.7. The Morgan fingerprint density at radius 3 is 2.53 bits per heavy atom. The van der Waals surface area contributed by atoms with Gasteiger partial charge in [-0.05, 0) is 100 Å². The molecule has 1 N–H and O–H groups in total. The molecule has 6 fully saturated rings. The van der Waals surface area contributed by atoms with Crippen LogP contribution in [0.1, 0.15) is 106 Å². The first kappa shape index (κ1) is 23.5. The molecule has 0 amide bonds. The van der Waals surface area contributed by atoms with Crippen LogP contribution in [0.5, 0.6) is 0 Å². The summed E-state index contributed by atoms with van der Waals surface area (Å²) in [6.45, 7) is 16.0. The number of hydrogen-bond acceptors (Lipinski definition) is 4. The van der Waals surface area contributed by atoms with Crippen molar-refractivity contribution in [2.45, 2.75) is 130 Å². The molecule has 4 saturated carbocycles. The maximum absolute atomic E-state index is 14.2. The summed E-state index contributed by atoms with van der Waals surface area (Å²) in [6, 6.07) is 0. The molecule has 2 spiro atoms. The van der Waals surface area contributed by atoms with Gasteiger partial charge in [0, 0.05) is 5.41 Å². The molecule has 4 nitrogen and oxygen atoms in total. The van der Waals surface area contributed by atoms with Crippen molar-refractivity contribution in [3.05, 3.63) is 11.6 Å². The van der Waals surface area contributed by atoms with Crippen LogP contribution in [0.4, 0.5) is 0 Å². The van der Waals surface area contributed by atoms with Gasteiger partial charge in [-0.3, -0.25) is 4.79 Å². The second kappa shape index (κ2) is 6.71. The van der Waals surface area contributed by atoms with Gasteiger partial charge in [-0.2, -0.15) is 0 Å². The molecule has 190 valence electrons. The Labute approximate surface area is 206 Å². The van der Waals surface area contributed by atoms with Crippen molar-refractivity contribution in [1.29, 1.82) is 0 Å². The molecule has 6 rings (SSSR count). The molecule has 2 heterocycles. The maximum Gasteiger partial charge on any atom is 0.316 e. The van der Waals surface area contributed by atoms with E-state index in [2.05, 4.69) is 54.5 Å². The molecule has 4 aliphatic carbocycles. The predicted octanol–water partition coefficient (Wildman–Crippen LogP) is 6.21. The molecule has 0 aromatic rings. The smallest absolute Gasteiger partial charge is 0.316 e. The van der Waals surface area contributed by atoms with Crippen LogP contribution >= 0.6 is 0 Å². The number of carbonyl (C=O) groups is 1. The third-order valence-corrected chi connectivity index (χ3v) is 12.9. The van der Waals surface area contributed by atoms with Crippen molar-refractivity contribution in [3.63, 3.8) is 0 Å². The number of hydrogen-bond donors (Lipinski definition) is 1. The number of allylic oxidation sites excluding steroid dienone is 2. The Morgan fingerprint density at radius 2 is 1.82 bits per heavy atom. The molecule has 0 radical (unpaired) electrons. The van der Waals surface area contributed by atoms with Crippen molar-refractivity contribution in [2.24, 2.45) is 39.4 Å². The zero-order valence-electron chi connectivity index (χ0n) is 22.5. The number of rotatable bonds is 4. The van der Waals surface area contributed by atoms with Crippen LogP contribution in [0.3, 0.4) is 0 Å². The van der Waals surface area contributed by atoms with Gasteiger partial charge >= 0.3 is 5.97 Å². The van der Waals surface area contributed by atoms with E-state index in [0.717, 1.165) is 51.4 Å². The number of fused-ring (bicyclic) bond motifs is 1. The number of epoxide rings is 1. The van der Waals surface area contributed by atoms with Crippen LogP contribution in [0.25, 0.3) is 0 Å². The van der Waals surface area contributed by atoms with Crippen molar-refractivity contribution >= 4 is 5.97 Å². The van der Waals surface area contributed by atoms with E-state index in [9.17, 15) is 9.90 Å². The summed E-state index contributed by atoms with van der Waals surface area (Å²) in [5.41, 5.74) is -0.467. The molecule has 0 aromatic heterocycles. The fourth-order valence-corrected chi connectivity index (χ4v) is 11.1. The van der Waals surface area contributed by atoms with Crippen LogP contribution in [-0.2, 0) is 14.3 Å². The van der Waals surface area contributed by atoms with Crippen LogP contribution in [0.2, 0.25) is 0 Å². The average molecular weight is 471 g/mol. The zero-order chi connectivity index (χ0) is 24.5. The minimum absolute atomic E-state index is 0.0554. The highest BCUT2D eigenvalue weighted by Crippen LogP contribution is 2.86. The number of carbonyl (C=O) groups excluding carboxylic acids is 1. The summed E-state index contributed by atoms with van der Waals surface area (Å²) >= 11 is 0. The maximum atomic E-state index is 14.2. The van der Waals surface area contributed by atoms with Crippen LogP contribution in [0, 0.1) is 39.4 Å². The monoisotopic (exact) mass is 470 g/mol. The second-order valence-corrected chi connectivity index (χ2v) is 14.4. The summed E-state index contributed by atoms with van der Waals surface area (Å²) < 4.78 is 13.7. The molecular formula is C30H46O4. The summed E-state index contributed by atoms with van der Waals surface area (Å²) in [6.07, 6.45) is 11.1.